The van der Waals surface area contributed by atoms with Crippen LogP contribution in [0.25, 0.3) is 0 Å². The molecule has 0 aliphatic rings. The Bertz CT molecular complexity index is 1290. The van der Waals surface area contributed by atoms with Gasteiger partial charge in [0.05, 0.1) is 0 Å². The monoisotopic (exact) mass is 919 g/mol. The zero-order valence-corrected chi connectivity index (χ0v) is 43.2. The highest BCUT2D eigenvalue weighted by Crippen LogP contribution is 2.15. The molecule has 0 aromatic carbocycles. The first kappa shape index (κ1) is 62.6. The lowest BCUT2D eigenvalue weighted by atomic mass is 10.0. The van der Waals surface area contributed by atoms with Crippen LogP contribution < -0.4 is 0 Å². The van der Waals surface area contributed by atoms with E-state index in [1.807, 2.05) is 6.08 Å². The van der Waals surface area contributed by atoms with Gasteiger partial charge >= 0.3 is 17.9 Å². The van der Waals surface area contributed by atoms with Gasteiger partial charge in [0.15, 0.2) is 6.10 Å². The van der Waals surface area contributed by atoms with E-state index in [-0.39, 0.29) is 37.5 Å². The topological polar surface area (TPSA) is 78.9 Å². The molecular formula is C60H102O6. The van der Waals surface area contributed by atoms with Gasteiger partial charge < -0.3 is 14.2 Å². The van der Waals surface area contributed by atoms with Gasteiger partial charge in [0.1, 0.15) is 13.2 Å². The molecule has 0 N–H and O–H groups in total. The van der Waals surface area contributed by atoms with E-state index in [0.717, 1.165) is 77.0 Å². The summed E-state index contributed by atoms with van der Waals surface area (Å²) >= 11 is 0. The van der Waals surface area contributed by atoms with Crippen molar-refractivity contribution in [2.24, 2.45) is 0 Å². The third kappa shape index (κ3) is 51.6. The Hall–Kier alpha value is -3.41. The Labute approximate surface area is 407 Å². The van der Waals surface area contributed by atoms with Crippen LogP contribution in [0, 0.1) is 0 Å². The van der Waals surface area contributed by atoms with Crippen molar-refractivity contribution in [1.29, 1.82) is 0 Å². The summed E-state index contributed by atoms with van der Waals surface area (Å²) in [5.74, 6) is -0.988. The first-order valence-electron chi connectivity index (χ1n) is 27.6. The molecule has 0 heterocycles. The second kappa shape index (κ2) is 54.2. The van der Waals surface area contributed by atoms with Crippen molar-refractivity contribution in [3.63, 3.8) is 0 Å². The van der Waals surface area contributed by atoms with Gasteiger partial charge in [-0.15, -0.1) is 0 Å². The third-order valence-electron chi connectivity index (χ3n) is 11.6. The van der Waals surface area contributed by atoms with E-state index in [2.05, 4.69) is 99.8 Å². The van der Waals surface area contributed by atoms with Crippen LogP contribution in [0.1, 0.15) is 258 Å². The van der Waals surface area contributed by atoms with E-state index in [0.29, 0.717) is 19.3 Å². The molecule has 0 fully saturated rings. The van der Waals surface area contributed by atoms with Gasteiger partial charge in [-0.25, -0.2) is 0 Å². The molecule has 0 amide bonds. The minimum atomic E-state index is -0.807. The second-order valence-corrected chi connectivity index (χ2v) is 18.1. The van der Waals surface area contributed by atoms with Gasteiger partial charge in [-0.2, -0.15) is 0 Å². The predicted octanol–water partition coefficient (Wildman–Crippen LogP) is 18.4. The zero-order chi connectivity index (χ0) is 47.9. The van der Waals surface area contributed by atoms with E-state index in [1.165, 1.54) is 135 Å². The first-order valence-corrected chi connectivity index (χ1v) is 27.6. The minimum absolute atomic E-state index is 0.0997. The molecule has 378 valence electrons. The lowest BCUT2D eigenvalue weighted by Crippen LogP contribution is -2.30. The molecule has 66 heavy (non-hydrogen) atoms. The van der Waals surface area contributed by atoms with Crippen LogP contribution in [0.4, 0.5) is 0 Å². The molecule has 1 unspecified atom stereocenters. The largest absolute Gasteiger partial charge is 0.462 e. The fraction of sp³-hybridized carbons (Fsp3) is 0.717. The summed E-state index contributed by atoms with van der Waals surface area (Å²) in [6.07, 6.45) is 70.1. The summed E-state index contributed by atoms with van der Waals surface area (Å²) < 4.78 is 16.8. The Balaban J connectivity index is 4.48. The Morgan fingerprint density at radius 2 is 0.621 bits per heavy atom. The van der Waals surface area contributed by atoms with Crippen LogP contribution in [-0.4, -0.2) is 37.2 Å². The standard InChI is InChI=1S/C60H102O6/c1-4-7-10-13-16-19-22-25-27-29-30-32-33-35-38-41-44-47-50-53-59(62)65-56-57(55-64-58(61)52-49-46-43-40-37-24-21-18-15-12-9-6-3)66-60(63)54-51-48-45-42-39-36-34-31-28-26-23-20-17-14-11-8-5-2/h7,10,16,19,25-28,30,32,35,38,44,47,57H,4-6,8-9,11-15,17-18,20-24,29,31,33-34,36-37,39-43,45-46,48-56H2,1-3H3/b10-7-,19-16-,27-25-,28-26-,32-30-,38-35-,47-44-. The van der Waals surface area contributed by atoms with Crippen molar-refractivity contribution in [3.8, 4) is 0 Å². The van der Waals surface area contributed by atoms with Crippen LogP contribution in [-0.2, 0) is 28.6 Å². The number of unbranched alkanes of at least 4 members (excludes halogenated alkanes) is 24. The van der Waals surface area contributed by atoms with Gasteiger partial charge in [-0.3, -0.25) is 14.4 Å². The lowest BCUT2D eigenvalue weighted by Gasteiger charge is -2.18. The number of carbonyl (C=O) groups is 3. The van der Waals surface area contributed by atoms with Crippen LogP contribution >= 0.6 is 0 Å². The molecule has 0 rings (SSSR count). The minimum Gasteiger partial charge on any atom is -0.462 e. The number of hydrogen-bond acceptors (Lipinski definition) is 6. The van der Waals surface area contributed by atoms with Crippen LogP contribution in [0.2, 0.25) is 0 Å². The summed E-state index contributed by atoms with van der Waals surface area (Å²) in [4.78, 5) is 38.0. The Morgan fingerprint density at radius 3 is 1.02 bits per heavy atom. The smallest absolute Gasteiger partial charge is 0.306 e. The number of hydrogen-bond donors (Lipinski definition) is 0. The van der Waals surface area contributed by atoms with E-state index in [9.17, 15) is 14.4 Å². The SMILES string of the molecule is CC/C=C\C/C=C\C/C=C\C/C=C\C/C=C\C/C=C\CCC(=O)OCC(COC(=O)CCCCCCCCCCCCCC)OC(=O)CCCCCCCCC/C=C\CCCCCCCC. The van der Waals surface area contributed by atoms with E-state index in [1.54, 1.807) is 0 Å². The maximum atomic E-state index is 12.8. The Morgan fingerprint density at radius 1 is 0.318 bits per heavy atom. The van der Waals surface area contributed by atoms with Crippen LogP contribution in [0.15, 0.2) is 85.1 Å². The molecule has 0 aromatic heterocycles. The molecular weight excluding hydrogens is 817 g/mol. The molecule has 0 bridgehead atoms. The average molecular weight is 919 g/mol. The molecule has 1 atom stereocenters. The van der Waals surface area contributed by atoms with Gasteiger partial charge in [0, 0.05) is 19.3 Å². The number of allylic oxidation sites excluding steroid dienone is 14. The summed E-state index contributed by atoms with van der Waals surface area (Å²) in [6, 6.07) is 0. The normalized spacial score (nSPS) is 12.7. The van der Waals surface area contributed by atoms with Crippen molar-refractivity contribution >= 4 is 17.9 Å². The van der Waals surface area contributed by atoms with Crippen molar-refractivity contribution in [2.45, 2.75) is 264 Å². The molecule has 0 saturated heterocycles. The Kier molecular flexibility index (Phi) is 51.4. The van der Waals surface area contributed by atoms with Crippen LogP contribution in [0.3, 0.4) is 0 Å². The second-order valence-electron chi connectivity index (χ2n) is 18.1. The lowest BCUT2D eigenvalue weighted by molar-refractivity contribution is -0.166. The molecule has 0 spiro atoms. The van der Waals surface area contributed by atoms with Crippen molar-refractivity contribution < 1.29 is 28.6 Å². The summed E-state index contributed by atoms with van der Waals surface area (Å²) in [5.41, 5.74) is 0. The van der Waals surface area contributed by atoms with Crippen LogP contribution in [0.5, 0.6) is 0 Å². The van der Waals surface area contributed by atoms with Gasteiger partial charge in [0.2, 0.25) is 0 Å². The maximum Gasteiger partial charge on any atom is 0.306 e. The fourth-order valence-electron chi connectivity index (χ4n) is 7.52. The van der Waals surface area contributed by atoms with Gasteiger partial charge in [-0.1, -0.05) is 241 Å². The molecule has 0 aliphatic heterocycles. The fourth-order valence-corrected chi connectivity index (χ4v) is 7.52. The highest BCUT2D eigenvalue weighted by atomic mass is 16.6. The average Bonchev–Trinajstić information content (AvgIpc) is 3.31. The van der Waals surface area contributed by atoms with E-state index in [4.69, 9.17) is 14.2 Å². The molecule has 0 radical (unpaired) electrons. The summed E-state index contributed by atoms with van der Waals surface area (Å²) in [5, 5.41) is 0. The highest BCUT2D eigenvalue weighted by molar-refractivity contribution is 5.71. The van der Waals surface area contributed by atoms with Crippen molar-refractivity contribution in [1.82, 2.24) is 0 Å². The zero-order valence-electron chi connectivity index (χ0n) is 43.2. The third-order valence-corrected chi connectivity index (χ3v) is 11.6. The molecule has 6 heteroatoms. The predicted molar refractivity (Wildman–Crippen MR) is 284 cm³/mol. The first-order chi connectivity index (χ1) is 32.5. The maximum absolute atomic E-state index is 12.8. The summed E-state index contributed by atoms with van der Waals surface area (Å²) in [7, 11) is 0. The van der Waals surface area contributed by atoms with Crippen molar-refractivity contribution in [2.75, 3.05) is 13.2 Å². The molecule has 6 nitrogen and oxygen atoms in total. The molecule has 0 aliphatic carbocycles. The number of carbonyl (C=O) groups excluding carboxylic acids is 3. The number of ether oxygens (including phenoxy) is 3. The molecule has 0 aromatic rings. The van der Waals surface area contributed by atoms with E-state index >= 15 is 0 Å². The number of esters is 3. The quantitative estimate of drug-likeness (QED) is 0.0262. The summed E-state index contributed by atoms with van der Waals surface area (Å²) in [6.45, 7) is 6.46. The molecule has 0 saturated carbocycles. The van der Waals surface area contributed by atoms with Crippen molar-refractivity contribution in [3.05, 3.63) is 85.1 Å². The number of rotatable bonds is 49. The highest BCUT2D eigenvalue weighted by Gasteiger charge is 2.19. The van der Waals surface area contributed by atoms with E-state index < -0.39 is 6.10 Å². The van der Waals surface area contributed by atoms with Gasteiger partial charge in [-0.05, 0) is 83.5 Å². The van der Waals surface area contributed by atoms with Gasteiger partial charge in [0.25, 0.3) is 0 Å².